The second-order valence-corrected chi connectivity index (χ2v) is 5.54. The predicted molar refractivity (Wildman–Crippen MR) is 62.3 cm³/mol. The van der Waals surface area contributed by atoms with Gasteiger partial charge in [-0.3, -0.25) is 4.55 Å². The van der Waals surface area contributed by atoms with Gasteiger partial charge in [0.1, 0.15) is 5.88 Å². The van der Waals surface area contributed by atoms with E-state index < -0.39 is 10.1 Å². The molecule has 4 nitrogen and oxygen atoms in total. The molecule has 0 aromatic rings. The highest BCUT2D eigenvalue weighted by molar-refractivity contribution is 7.85. The average Bonchev–Trinajstić information content (AvgIpc) is 2.14. The molecule has 0 heterocycles. The molecule has 0 bridgehead atoms. The minimum atomic E-state index is -3.85. The smallest absolute Gasteiger partial charge is 0.278 e. The van der Waals surface area contributed by atoms with Crippen LogP contribution in [0, 0.1) is 5.92 Å². The lowest BCUT2D eigenvalue weighted by Gasteiger charge is -2.07. The van der Waals surface area contributed by atoms with Crippen LogP contribution >= 0.6 is 0 Å². The first kappa shape index (κ1) is 14.9. The van der Waals surface area contributed by atoms with Crippen LogP contribution < -0.4 is 5.32 Å². The molecule has 0 aliphatic heterocycles. The largest absolute Gasteiger partial charge is 0.302 e. The van der Waals surface area contributed by atoms with E-state index in [2.05, 4.69) is 19.2 Å². The van der Waals surface area contributed by atoms with E-state index in [-0.39, 0.29) is 5.88 Å². The van der Waals surface area contributed by atoms with Gasteiger partial charge in [-0.05, 0) is 18.9 Å². The van der Waals surface area contributed by atoms with Crippen molar-refractivity contribution in [1.29, 1.82) is 0 Å². The van der Waals surface area contributed by atoms with E-state index in [4.69, 9.17) is 4.55 Å². The zero-order valence-electron chi connectivity index (χ0n) is 9.70. The van der Waals surface area contributed by atoms with Crippen molar-refractivity contribution in [2.75, 3.05) is 12.4 Å². The van der Waals surface area contributed by atoms with Crippen molar-refractivity contribution in [3.63, 3.8) is 0 Å². The summed E-state index contributed by atoms with van der Waals surface area (Å²) >= 11 is 0. The van der Waals surface area contributed by atoms with Crippen LogP contribution in [0.25, 0.3) is 0 Å². The molecule has 15 heavy (non-hydrogen) atoms. The second-order valence-electron chi connectivity index (χ2n) is 4.09. The van der Waals surface area contributed by atoms with E-state index in [0.717, 1.165) is 18.8 Å². The third-order valence-electron chi connectivity index (χ3n) is 2.53. The molecule has 1 atom stereocenters. The Balaban J connectivity index is 3.19. The summed E-state index contributed by atoms with van der Waals surface area (Å²) in [5, 5.41) is 2.69. The number of rotatable bonds is 9. The van der Waals surface area contributed by atoms with Crippen molar-refractivity contribution in [3.05, 3.63) is 0 Å². The molecule has 2 N–H and O–H groups in total. The Morgan fingerprint density at radius 3 is 2.47 bits per heavy atom. The van der Waals surface area contributed by atoms with Crippen molar-refractivity contribution >= 4 is 10.1 Å². The van der Waals surface area contributed by atoms with Crippen LogP contribution in [0.15, 0.2) is 0 Å². The van der Waals surface area contributed by atoms with Gasteiger partial charge in [-0.2, -0.15) is 8.42 Å². The maximum absolute atomic E-state index is 10.3. The number of hydrogen-bond donors (Lipinski definition) is 2. The first-order chi connectivity index (χ1) is 6.95. The molecule has 0 radical (unpaired) electrons. The van der Waals surface area contributed by atoms with Crippen LogP contribution in [0.2, 0.25) is 0 Å². The summed E-state index contributed by atoms with van der Waals surface area (Å²) in [7, 11) is -3.85. The Labute approximate surface area is 93.2 Å². The highest BCUT2D eigenvalue weighted by Crippen LogP contribution is 2.11. The van der Waals surface area contributed by atoms with Crippen molar-refractivity contribution in [3.8, 4) is 0 Å². The van der Waals surface area contributed by atoms with Crippen LogP contribution in [0.4, 0.5) is 0 Å². The molecule has 0 fully saturated rings. The van der Waals surface area contributed by atoms with Gasteiger partial charge in [0.05, 0.1) is 0 Å². The summed E-state index contributed by atoms with van der Waals surface area (Å²) in [5.74, 6) is 0.453. The minimum absolute atomic E-state index is 0.335. The Bertz CT molecular complexity index is 239. The average molecular weight is 237 g/mol. The van der Waals surface area contributed by atoms with Crippen molar-refractivity contribution in [2.45, 2.75) is 46.0 Å². The molecule has 0 aliphatic rings. The van der Waals surface area contributed by atoms with E-state index >= 15 is 0 Å². The van der Waals surface area contributed by atoms with Gasteiger partial charge in [0, 0.05) is 0 Å². The summed E-state index contributed by atoms with van der Waals surface area (Å²) in [6.07, 6.45) is 5.74. The first-order valence-electron chi connectivity index (χ1n) is 5.61. The maximum Gasteiger partial charge on any atom is 0.278 e. The summed E-state index contributed by atoms with van der Waals surface area (Å²) in [6, 6.07) is 0. The van der Waals surface area contributed by atoms with Crippen LogP contribution in [-0.4, -0.2) is 25.4 Å². The summed E-state index contributed by atoms with van der Waals surface area (Å²) in [4.78, 5) is 0. The molecule has 0 aromatic carbocycles. The lowest BCUT2D eigenvalue weighted by Crippen LogP contribution is -2.23. The Morgan fingerprint density at radius 1 is 1.27 bits per heavy atom. The maximum atomic E-state index is 10.3. The molecule has 0 amide bonds. The lowest BCUT2D eigenvalue weighted by molar-refractivity contribution is 0.466. The Morgan fingerprint density at radius 2 is 1.93 bits per heavy atom. The number of unbranched alkanes of at least 4 members (excludes halogenated alkanes) is 2. The molecule has 0 rings (SSSR count). The van der Waals surface area contributed by atoms with E-state index in [0.29, 0.717) is 6.54 Å². The SMILES string of the molecule is CCC(C)CCCCCNCS(=O)(=O)O. The van der Waals surface area contributed by atoms with E-state index in [1.165, 1.54) is 19.3 Å². The normalized spacial score (nSPS) is 14.1. The molecule has 0 saturated heterocycles. The Hall–Kier alpha value is -0.130. The first-order valence-corrected chi connectivity index (χ1v) is 7.22. The van der Waals surface area contributed by atoms with Gasteiger partial charge in [-0.1, -0.05) is 39.5 Å². The molecular weight excluding hydrogens is 214 g/mol. The number of nitrogens with one attached hydrogen (secondary N) is 1. The molecule has 5 heteroatoms. The fourth-order valence-corrected chi connectivity index (χ4v) is 1.73. The van der Waals surface area contributed by atoms with Crippen LogP contribution in [0.5, 0.6) is 0 Å². The molecule has 0 spiro atoms. The van der Waals surface area contributed by atoms with Gasteiger partial charge >= 0.3 is 0 Å². The van der Waals surface area contributed by atoms with Crippen LogP contribution in [-0.2, 0) is 10.1 Å². The molecular formula is C10H23NO3S. The Kier molecular flexibility index (Phi) is 8.00. The minimum Gasteiger partial charge on any atom is -0.302 e. The van der Waals surface area contributed by atoms with Crippen molar-refractivity contribution in [2.24, 2.45) is 5.92 Å². The van der Waals surface area contributed by atoms with Crippen LogP contribution in [0.1, 0.15) is 46.0 Å². The fraction of sp³-hybridized carbons (Fsp3) is 1.00. The summed E-state index contributed by atoms with van der Waals surface area (Å²) in [5.41, 5.74) is 0. The molecule has 0 aliphatic carbocycles. The van der Waals surface area contributed by atoms with Gasteiger partial charge in [-0.25, -0.2) is 0 Å². The van der Waals surface area contributed by atoms with E-state index in [1.54, 1.807) is 0 Å². The second kappa shape index (κ2) is 8.07. The highest BCUT2D eigenvalue weighted by atomic mass is 32.2. The zero-order valence-corrected chi connectivity index (χ0v) is 10.5. The quantitative estimate of drug-likeness (QED) is 0.475. The zero-order chi connectivity index (χ0) is 11.7. The lowest BCUT2D eigenvalue weighted by atomic mass is 10.0. The monoisotopic (exact) mass is 237 g/mol. The third-order valence-corrected chi connectivity index (χ3v) is 3.10. The molecule has 92 valence electrons. The topological polar surface area (TPSA) is 66.4 Å². The van der Waals surface area contributed by atoms with E-state index in [1.807, 2.05) is 0 Å². The summed E-state index contributed by atoms with van der Waals surface area (Å²) in [6.45, 7) is 5.09. The predicted octanol–water partition coefficient (Wildman–Crippen LogP) is 2.03. The standard InChI is InChI=1S/C10H23NO3S/c1-3-10(2)7-5-4-6-8-11-9-15(12,13)14/h10-11H,3-9H2,1-2H3,(H,12,13,14). The molecule has 1 unspecified atom stereocenters. The van der Waals surface area contributed by atoms with Crippen molar-refractivity contribution in [1.82, 2.24) is 5.32 Å². The van der Waals surface area contributed by atoms with Gasteiger partial charge in [0.2, 0.25) is 0 Å². The highest BCUT2D eigenvalue weighted by Gasteiger charge is 2.02. The number of hydrogen-bond acceptors (Lipinski definition) is 3. The van der Waals surface area contributed by atoms with Gasteiger partial charge in [0.15, 0.2) is 0 Å². The molecule has 0 aromatic heterocycles. The third kappa shape index (κ3) is 11.8. The van der Waals surface area contributed by atoms with Crippen LogP contribution in [0.3, 0.4) is 0 Å². The fourth-order valence-electron chi connectivity index (χ4n) is 1.32. The van der Waals surface area contributed by atoms with Gasteiger partial charge in [-0.15, -0.1) is 0 Å². The van der Waals surface area contributed by atoms with E-state index in [9.17, 15) is 8.42 Å². The molecule has 0 saturated carbocycles. The summed E-state index contributed by atoms with van der Waals surface area (Å²) < 4.78 is 29.1. The van der Waals surface area contributed by atoms with Crippen molar-refractivity contribution < 1.29 is 13.0 Å². The van der Waals surface area contributed by atoms with Gasteiger partial charge in [0.25, 0.3) is 10.1 Å². The van der Waals surface area contributed by atoms with Gasteiger partial charge < -0.3 is 5.32 Å².